The lowest BCUT2D eigenvalue weighted by Gasteiger charge is -2.30. The van der Waals surface area contributed by atoms with E-state index < -0.39 is 10.0 Å². The van der Waals surface area contributed by atoms with Gasteiger partial charge in [0.1, 0.15) is 5.76 Å². The number of hydrogen-bond acceptors (Lipinski definition) is 4. The quantitative estimate of drug-likeness (QED) is 0.887. The average molecular weight is 362 g/mol. The Morgan fingerprint density at radius 1 is 1.28 bits per heavy atom. The summed E-state index contributed by atoms with van der Waals surface area (Å²) < 4.78 is 32.1. The molecular formula is C18H22N2O4S. The Bertz CT molecular complexity index is 813. The monoisotopic (exact) mass is 362 g/mol. The molecular weight excluding hydrogens is 340 g/mol. The number of furan rings is 1. The van der Waals surface area contributed by atoms with Crippen LogP contribution in [0.2, 0.25) is 0 Å². The number of benzene rings is 1. The first-order valence-corrected chi connectivity index (χ1v) is 9.81. The lowest BCUT2D eigenvalue weighted by molar-refractivity contribution is 0.0948. The van der Waals surface area contributed by atoms with Crippen LogP contribution in [0.15, 0.2) is 52.0 Å². The molecule has 0 aliphatic carbocycles. The number of rotatable bonds is 5. The Morgan fingerprint density at radius 2 is 2.04 bits per heavy atom. The van der Waals surface area contributed by atoms with Crippen LogP contribution in [0, 0.1) is 5.92 Å². The highest BCUT2D eigenvalue weighted by atomic mass is 32.2. The SMILES string of the molecule is C[C@@H]1CCCN(S(=O)(=O)c2ccc(C(=O)NCc3ccco3)cc2)C1. The number of amides is 1. The van der Waals surface area contributed by atoms with Crippen LogP contribution in [0.25, 0.3) is 0 Å². The fourth-order valence-corrected chi connectivity index (χ4v) is 4.57. The molecule has 1 fully saturated rings. The third-order valence-electron chi connectivity index (χ3n) is 4.38. The highest BCUT2D eigenvalue weighted by Crippen LogP contribution is 2.23. The third kappa shape index (κ3) is 4.11. The molecule has 1 aliphatic heterocycles. The second-order valence-electron chi connectivity index (χ2n) is 6.40. The summed E-state index contributed by atoms with van der Waals surface area (Å²) in [5, 5.41) is 2.74. The zero-order valence-corrected chi connectivity index (χ0v) is 15.0. The summed E-state index contributed by atoms with van der Waals surface area (Å²) in [7, 11) is -3.50. The number of nitrogens with one attached hydrogen (secondary N) is 1. The van der Waals surface area contributed by atoms with E-state index >= 15 is 0 Å². The van der Waals surface area contributed by atoms with Gasteiger partial charge in [-0.15, -0.1) is 0 Å². The van der Waals surface area contributed by atoms with Crippen molar-refractivity contribution >= 4 is 15.9 Å². The number of carbonyl (C=O) groups is 1. The van der Waals surface area contributed by atoms with Crippen molar-refractivity contribution in [3.05, 3.63) is 54.0 Å². The topological polar surface area (TPSA) is 79.6 Å². The van der Waals surface area contributed by atoms with Crippen LogP contribution in [0.3, 0.4) is 0 Å². The summed E-state index contributed by atoms with van der Waals surface area (Å²) in [6, 6.07) is 9.60. The molecule has 1 saturated heterocycles. The normalized spacial score (nSPS) is 18.8. The van der Waals surface area contributed by atoms with Crippen LogP contribution < -0.4 is 5.32 Å². The molecule has 2 heterocycles. The predicted octanol–water partition coefficient (Wildman–Crippen LogP) is 2.63. The molecule has 134 valence electrons. The fourth-order valence-electron chi connectivity index (χ4n) is 2.97. The third-order valence-corrected chi connectivity index (χ3v) is 6.26. The van der Waals surface area contributed by atoms with Crippen LogP contribution in [-0.4, -0.2) is 31.7 Å². The number of piperidine rings is 1. The summed E-state index contributed by atoms with van der Waals surface area (Å²) in [4.78, 5) is 12.4. The Balaban J connectivity index is 1.67. The molecule has 0 radical (unpaired) electrons. The van der Waals surface area contributed by atoms with E-state index in [1.807, 2.05) is 0 Å². The minimum absolute atomic E-state index is 0.226. The number of sulfonamides is 1. The Kier molecular flexibility index (Phi) is 5.24. The van der Waals surface area contributed by atoms with E-state index in [1.165, 1.54) is 28.6 Å². The molecule has 0 bridgehead atoms. The lowest BCUT2D eigenvalue weighted by atomic mass is 10.0. The van der Waals surface area contributed by atoms with Gasteiger partial charge in [0, 0.05) is 18.7 Å². The van der Waals surface area contributed by atoms with Gasteiger partial charge >= 0.3 is 0 Å². The Labute approximate surface area is 147 Å². The van der Waals surface area contributed by atoms with Crippen LogP contribution in [-0.2, 0) is 16.6 Å². The molecule has 0 unspecified atom stereocenters. The molecule has 1 amide bonds. The molecule has 25 heavy (non-hydrogen) atoms. The molecule has 1 aliphatic rings. The summed E-state index contributed by atoms with van der Waals surface area (Å²) >= 11 is 0. The van der Waals surface area contributed by atoms with Gasteiger partial charge in [-0.3, -0.25) is 4.79 Å². The van der Waals surface area contributed by atoms with Gasteiger partial charge in [0.15, 0.2) is 0 Å². The standard InChI is InChI=1S/C18H22N2O4S/c1-14-4-2-10-20(13-14)25(22,23)17-8-6-15(7-9-17)18(21)19-12-16-5-3-11-24-16/h3,5-9,11,14H,2,4,10,12-13H2,1H3,(H,19,21)/t14-/m1/s1. The summed E-state index contributed by atoms with van der Waals surface area (Å²) in [6.07, 6.45) is 3.48. The largest absolute Gasteiger partial charge is 0.467 e. The van der Waals surface area contributed by atoms with E-state index in [4.69, 9.17) is 4.42 Å². The van der Waals surface area contributed by atoms with Crippen LogP contribution in [0.1, 0.15) is 35.9 Å². The van der Waals surface area contributed by atoms with Gasteiger partial charge in [0.25, 0.3) is 5.91 Å². The Hall–Kier alpha value is -2.12. The first-order valence-electron chi connectivity index (χ1n) is 8.37. The number of carbonyl (C=O) groups excluding carboxylic acids is 1. The molecule has 6 nitrogen and oxygen atoms in total. The van der Waals surface area contributed by atoms with Crippen LogP contribution in [0.4, 0.5) is 0 Å². The second kappa shape index (κ2) is 7.41. The van der Waals surface area contributed by atoms with Gasteiger partial charge in [-0.05, 0) is 55.2 Å². The van der Waals surface area contributed by atoms with E-state index in [-0.39, 0.29) is 17.3 Å². The van der Waals surface area contributed by atoms with Gasteiger partial charge in [-0.25, -0.2) is 8.42 Å². The van der Waals surface area contributed by atoms with E-state index in [1.54, 1.807) is 18.4 Å². The zero-order valence-electron chi connectivity index (χ0n) is 14.1. The molecule has 7 heteroatoms. The van der Waals surface area contributed by atoms with Crippen LogP contribution >= 0.6 is 0 Å². The van der Waals surface area contributed by atoms with Crippen molar-refractivity contribution in [3.63, 3.8) is 0 Å². The summed E-state index contributed by atoms with van der Waals surface area (Å²) in [6.45, 7) is 3.46. The smallest absolute Gasteiger partial charge is 0.251 e. The second-order valence-corrected chi connectivity index (χ2v) is 8.33. The van der Waals surface area contributed by atoms with Crippen molar-refractivity contribution < 1.29 is 17.6 Å². The van der Waals surface area contributed by atoms with Crippen molar-refractivity contribution in [2.75, 3.05) is 13.1 Å². The van der Waals surface area contributed by atoms with Gasteiger partial charge in [0.2, 0.25) is 10.0 Å². The summed E-state index contributed by atoms with van der Waals surface area (Å²) in [5.74, 6) is 0.758. The molecule has 1 N–H and O–H groups in total. The molecule has 0 spiro atoms. The molecule has 0 saturated carbocycles. The molecule has 1 aromatic carbocycles. The van der Waals surface area contributed by atoms with E-state index in [0.717, 1.165) is 12.8 Å². The molecule has 3 rings (SSSR count). The van der Waals surface area contributed by atoms with E-state index in [0.29, 0.717) is 30.3 Å². The van der Waals surface area contributed by atoms with Gasteiger partial charge in [-0.2, -0.15) is 4.31 Å². The van der Waals surface area contributed by atoms with Gasteiger partial charge in [-0.1, -0.05) is 6.92 Å². The maximum absolute atomic E-state index is 12.7. The first kappa shape index (κ1) is 17.7. The lowest BCUT2D eigenvalue weighted by Crippen LogP contribution is -2.39. The predicted molar refractivity (Wildman–Crippen MR) is 93.5 cm³/mol. The van der Waals surface area contributed by atoms with E-state index in [2.05, 4.69) is 12.2 Å². The maximum Gasteiger partial charge on any atom is 0.251 e. The van der Waals surface area contributed by atoms with E-state index in [9.17, 15) is 13.2 Å². The highest BCUT2D eigenvalue weighted by Gasteiger charge is 2.28. The number of nitrogens with zero attached hydrogens (tertiary/aromatic N) is 1. The van der Waals surface area contributed by atoms with Crippen molar-refractivity contribution in [2.45, 2.75) is 31.2 Å². The number of hydrogen-bond donors (Lipinski definition) is 1. The molecule has 2 aromatic rings. The fraction of sp³-hybridized carbons (Fsp3) is 0.389. The van der Waals surface area contributed by atoms with Gasteiger partial charge in [0.05, 0.1) is 17.7 Å². The van der Waals surface area contributed by atoms with Gasteiger partial charge < -0.3 is 9.73 Å². The molecule has 1 aromatic heterocycles. The highest BCUT2D eigenvalue weighted by molar-refractivity contribution is 7.89. The minimum atomic E-state index is -3.50. The average Bonchev–Trinajstić information content (AvgIpc) is 3.13. The van der Waals surface area contributed by atoms with Crippen molar-refractivity contribution in [3.8, 4) is 0 Å². The molecule has 1 atom stereocenters. The maximum atomic E-state index is 12.7. The van der Waals surface area contributed by atoms with Crippen molar-refractivity contribution in [1.82, 2.24) is 9.62 Å². The zero-order chi connectivity index (χ0) is 17.9. The van der Waals surface area contributed by atoms with Crippen LogP contribution in [0.5, 0.6) is 0 Å². The Morgan fingerprint density at radius 3 is 2.68 bits per heavy atom. The van der Waals surface area contributed by atoms with Crippen molar-refractivity contribution in [2.24, 2.45) is 5.92 Å². The first-order chi connectivity index (χ1) is 12.0. The van der Waals surface area contributed by atoms with Crippen molar-refractivity contribution in [1.29, 1.82) is 0 Å². The minimum Gasteiger partial charge on any atom is -0.467 e. The summed E-state index contributed by atoms with van der Waals surface area (Å²) in [5.41, 5.74) is 0.414.